The van der Waals surface area contributed by atoms with Crippen LogP contribution in [0.25, 0.3) is 0 Å². The third-order valence-electron chi connectivity index (χ3n) is 4.70. The van der Waals surface area contributed by atoms with E-state index in [0.717, 1.165) is 35.5 Å². The molecular weight excluding hydrogens is 372 g/mol. The quantitative estimate of drug-likeness (QED) is 0.696. The number of pyridine rings is 1. The Morgan fingerprint density at radius 2 is 1.93 bits per heavy atom. The number of rotatable bonds is 5. The van der Waals surface area contributed by atoms with Gasteiger partial charge < -0.3 is 5.32 Å². The van der Waals surface area contributed by atoms with Crippen LogP contribution < -0.4 is 10.6 Å². The predicted octanol–water partition coefficient (Wildman–Crippen LogP) is 3.53. The standard InChI is InChI=1S/C21H20N4O2S/c26-19(14-7-2-1-3-8-14)25-21-24-18-16(10-6-11-17(18)28-21)20(27)23-13-15-9-4-5-12-22-15/h1-5,7-9,12,16H,6,10-11,13H2,(H,23,27)(H,24,25,26)/t16-/m0/s1. The number of amides is 2. The summed E-state index contributed by atoms with van der Waals surface area (Å²) < 4.78 is 0. The molecule has 1 aliphatic carbocycles. The molecule has 0 unspecified atom stereocenters. The van der Waals surface area contributed by atoms with E-state index in [0.29, 0.717) is 17.2 Å². The molecule has 6 nitrogen and oxygen atoms in total. The third-order valence-corrected chi connectivity index (χ3v) is 5.74. The van der Waals surface area contributed by atoms with Gasteiger partial charge in [-0.1, -0.05) is 24.3 Å². The Balaban J connectivity index is 1.45. The lowest BCUT2D eigenvalue weighted by atomic mass is 9.90. The van der Waals surface area contributed by atoms with E-state index in [4.69, 9.17) is 0 Å². The van der Waals surface area contributed by atoms with Crippen LogP contribution in [0.15, 0.2) is 54.7 Å². The molecule has 1 atom stereocenters. The molecule has 28 heavy (non-hydrogen) atoms. The van der Waals surface area contributed by atoms with Gasteiger partial charge in [0.25, 0.3) is 5.91 Å². The Bertz CT molecular complexity index is 973. The molecule has 7 heteroatoms. The SMILES string of the molecule is O=C(Nc1nc2c(s1)CCC[C@@H]2C(=O)NCc1ccccn1)c1ccccc1. The number of aromatic nitrogens is 2. The number of nitrogens with zero attached hydrogens (tertiary/aromatic N) is 2. The molecule has 2 heterocycles. The van der Waals surface area contributed by atoms with Gasteiger partial charge in [-0.15, -0.1) is 11.3 Å². The van der Waals surface area contributed by atoms with Crippen molar-refractivity contribution >= 4 is 28.3 Å². The van der Waals surface area contributed by atoms with Crippen LogP contribution in [0.5, 0.6) is 0 Å². The zero-order valence-electron chi connectivity index (χ0n) is 15.2. The molecule has 0 radical (unpaired) electrons. The second kappa shape index (κ2) is 8.31. The van der Waals surface area contributed by atoms with Gasteiger partial charge in [0.05, 0.1) is 23.9 Å². The van der Waals surface area contributed by atoms with E-state index >= 15 is 0 Å². The summed E-state index contributed by atoms with van der Waals surface area (Å²) in [6.07, 6.45) is 4.29. The minimum Gasteiger partial charge on any atom is -0.350 e. The predicted molar refractivity (Wildman–Crippen MR) is 108 cm³/mol. The Labute approximate surface area is 167 Å². The van der Waals surface area contributed by atoms with Crippen molar-refractivity contribution in [2.75, 3.05) is 5.32 Å². The maximum absolute atomic E-state index is 12.7. The lowest BCUT2D eigenvalue weighted by Crippen LogP contribution is -2.31. The number of fused-ring (bicyclic) bond motifs is 1. The number of benzene rings is 1. The highest BCUT2D eigenvalue weighted by atomic mass is 32.1. The van der Waals surface area contributed by atoms with Crippen LogP contribution in [0.1, 0.15) is 45.4 Å². The second-order valence-electron chi connectivity index (χ2n) is 6.63. The number of carbonyl (C=O) groups excluding carboxylic acids is 2. The Morgan fingerprint density at radius 3 is 2.71 bits per heavy atom. The van der Waals surface area contributed by atoms with Gasteiger partial charge in [-0.3, -0.25) is 19.9 Å². The average molecular weight is 392 g/mol. The fourth-order valence-corrected chi connectivity index (χ4v) is 4.35. The smallest absolute Gasteiger partial charge is 0.257 e. The maximum Gasteiger partial charge on any atom is 0.257 e. The van der Waals surface area contributed by atoms with Gasteiger partial charge in [0.1, 0.15) is 0 Å². The van der Waals surface area contributed by atoms with Gasteiger partial charge in [0, 0.05) is 16.6 Å². The normalized spacial score (nSPS) is 15.5. The second-order valence-corrected chi connectivity index (χ2v) is 7.71. The zero-order chi connectivity index (χ0) is 19.3. The topological polar surface area (TPSA) is 84.0 Å². The first-order valence-corrected chi connectivity index (χ1v) is 10.1. The van der Waals surface area contributed by atoms with Crippen LogP contribution in [0.3, 0.4) is 0 Å². The molecule has 142 valence electrons. The zero-order valence-corrected chi connectivity index (χ0v) is 16.0. The van der Waals surface area contributed by atoms with Crippen molar-refractivity contribution in [3.63, 3.8) is 0 Å². The van der Waals surface area contributed by atoms with Gasteiger partial charge in [0.15, 0.2) is 5.13 Å². The van der Waals surface area contributed by atoms with Crippen molar-refractivity contribution in [2.45, 2.75) is 31.7 Å². The summed E-state index contributed by atoms with van der Waals surface area (Å²) in [4.78, 5) is 35.0. The summed E-state index contributed by atoms with van der Waals surface area (Å²) in [6.45, 7) is 0.396. The van der Waals surface area contributed by atoms with Crippen LogP contribution in [0, 0.1) is 0 Å². The van der Waals surface area contributed by atoms with Crippen molar-refractivity contribution in [3.05, 3.63) is 76.6 Å². The molecule has 2 aromatic heterocycles. The van der Waals surface area contributed by atoms with Crippen LogP contribution in [-0.2, 0) is 17.8 Å². The Kier molecular flexibility index (Phi) is 5.43. The maximum atomic E-state index is 12.7. The number of anilines is 1. The van der Waals surface area contributed by atoms with E-state index < -0.39 is 0 Å². The number of carbonyl (C=O) groups is 2. The minimum atomic E-state index is -0.286. The van der Waals surface area contributed by atoms with Crippen molar-refractivity contribution in [1.29, 1.82) is 0 Å². The van der Waals surface area contributed by atoms with Crippen molar-refractivity contribution in [2.24, 2.45) is 0 Å². The van der Waals surface area contributed by atoms with Gasteiger partial charge >= 0.3 is 0 Å². The monoisotopic (exact) mass is 392 g/mol. The molecule has 3 aromatic rings. The fraction of sp³-hybridized carbons (Fsp3) is 0.238. The summed E-state index contributed by atoms with van der Waals surface area (Å²) >= 11 is 1.46. The molecule has 2 amide bonds. The lowest BCUT2D eigenvalue weighted by Gasteiger charge is -2.20. The van der Waals surface area contributed by atoms with E-state index in [1.807, 2.05) is 36.4 Å². The molecule has 4 rings (SSSR count). The molecule has 0 saturated heterocycles. The van der Waals surface area contributed by atoms with Gasteiger partial charge in [-0.2, -0.15) is 0 Å². The van der Waals surface area contributed by atoms with Gasteiger partial charge in [0.2, 0.25) is 5.91 Å². The van der Waals surface area contributed by atoms with Crippen molar-refractivity contribution in [3.8, 4) is 0 Å². The van der Waals surface area contributed by atoms with Crippen LogP contribution in [0.2, 0.25) is 0 Å². The number of thiazole rings is 1. The molecule has 0 bridgehead atoms. The first-order valence-electron chi connectivity index (χ1n) is 9.24. The van der Waals surface area contributed by atoms with Crippen LogP contribution in [-0.4, -0.2) is 21.8 Å². The molecule has 0 saturated carbocycles. The van der Waals surface area contributed by atoms with E-state index in [1.165, 1.54) is 11.3 Å². The third kappa shape index (κ3) is 4.09. The van der Waals surface area contributed by atoms with E-state index in [-0.39, 0.29) is 17.7 Å². The van der Waals surface area contributed by atoms with Gasteiger partial charge in [-0.25, -0.2) is 4.98 Å². The number of hydrogen-bond acceptors (Lipinski definition) is 5. The highest BCUT2D eigenvalue weighted by Gasteiger charge is 2.30. The van der Waals surface area contributed by atoms with Crippen LogP contribution in [0.4, 0.5) is 5.13 Å². The van der Waals surface area contributed by atoms with E-state index in [1.54, 1.807) is 18.3 Å². The van der Waals surface area contributed by atoms with Crippen molar-refractivity contribution in [1.82, 2.24) is 15.3 Å². The van der Waals surface area contributed by atoms with E-state index in [9.17, 15) is 9.59 Å². The van der Waals surface area contributed by atoms with Crippen LogP contribution >= 0.6 is 11.3 Å². The fourth-order valence-electron chi connectivity index (χ4n) is 3.29. The Morgan fingerprint density at radius 1 is 1.11 bits per heavy atom. The van der Waals surface area contributed by atoms with E-state index in [2.05, 4.69) is 20.6 Å². The largest absolute Gasteiger partial charge is 0.350 e. The number of hydrogen-bond donors (Lipinski definition) is 2. The number of aryl methyl sites for hydroxylation is 1. The molecule has 1 aromatic carbocycles. The highest BCUT2D eigenvalue weighted by molar-refractivity contribution is 7.15. The van der Waals surface area contributed by atoms with Gasteiger partial charge in [-0.05, 0) is 43.5 Å². The Hall–Kier alpha value is -3.06. The summed E-state index contributed by atoms with van der Waals surface area (Å²) in [5.41, 5.74) is 2.19. The number of nitrogens with one attached hydrogen (secondary N) is 2. The molecule has 1 aliphatic rings. The highest BCUT2D eigenvalue weighted by Crippen LogP contribution is 2.37. The lowest BCUT2D eigenvalue weighted by molar-refractivity contribution is -0.123. The van der Waals surface area contributed by atoms with Crippen molar-refractivity contribution < 1.29 is 9.59 Å². The molecule has 0 spiro atoms. The average Bonchev–Trinajstić information content (AvgIpc) is 3.15. The summed E-state index contributed by atoms with van der Waals surface area (Å²) in [6, 6.07) is 14.7. The molecule has 0 fully saturated rings. The minimum absolute atomic E-state index is 0.0437. The first-order chi connectivity index (χ1) is 13.7. The summed E-state index contributed by atoms with van der Waals surface area (Å²) in [5, 5.41) is 6.37. The summed E-state index contributed by atoms with van der Waals surface area (Å²) in [5.74, 6) is -0.522. The molecule has 0 aliphatic heterocycles. The molecular formula is C21H20N4O2S. The molecule has 2 N–H and O–H groups in total. The first kappa shape index (κ1) is 18.3. The summed E-state index contributed by atoms with van der Waals surface area (Å²) in [7, 11) is 0.